The van der Waals surface area contributed by atoms with Crippen molar-refractivity contribution in [1.29, 1.82) is 0 Å². The molecule has 0 unspecified atom stereocenters. The van der Waals surface area contributed by atoms with E-state index in [1.165, 1.54) is 11.3 Å². The molecule has 2 N–H and O–H groups in total. The first-order chi connectivity index (χ1) is 4.75. The first-order valence-corrected chi connectivity index (χ1v) is 3.99. The summed E-state index contributed by atoms with van der Waals surface area (Å²) in [5.41, 5.74) is 6.19. The Labute approximate surface area is 63.7 Å². The molecule has 0 amide bonds. The van der Waals surface area contributed by atoms with Crippen molar-refractivity contribution in [3.8, 4) is 0 Å². The Bertz CT molecular complexity index is 242. The second-order valence-corrected chi connectivity index (χ2v) is 2.92. The molecule has 0 saturated carbocycles. The fraction of sp³-hybridized carbons (Fsp3) is 0.286. The highest BCUT2D eigenvalue weighted by molar-refractivity contribution is 7.14. The molecule has 0 aliphatic rings. The third-order valence-electron chi connectivity index (χ3n) is 1.32. The summed E-state index contributed by atoms with van der Waals surface area (Å²) < 4.78 is 0. The number of Topliss-reactive ketones (excluding diaryl/α,β-unsaturated/α-hetero) is 1. The van der Waals surface area contributed by atoms with E-state index in [0.717, 1.165) is 0 Å². The summed E-state index contributed by atoms with van der Waals surface area (Å²) in [5.74, 6) is 0.124. The topological polar surface area (TPSA) is 43.1 Å². The Hall–Kier alpha value is -0.830. The molecular weight excluding hydrogens is 146 g/mol. The van der Waals surface area contributed by atoms with E-state index >= 15 is 0 Å². The van der Waals surface area contributed by atoms with Gasteiger partial charge >= 0.3 is 0 Å². The molecular formula is C7H9NOS. The van der Waals surface area contributed by atoms with Gasteiger partial charge in [0.05, 0.1) is 10.6 Å². The predicted octanol–water partition coefficient (Wildman–Crippen LogP) is 1.92. The van der Waals surface area contributed by atoms with E-state index < -0.39 is 0 Å². The van der Waals surface area contributed by atoms with Crippen molar-refractivity contribution >= 4 is 22.1 Å². The summed E-state index contributed by atoms with van der Waals surface area (Å²) in [6.07, 6.45) is 0.529. The van der Waals surface area contributed by atoms with Crippen LogP contribution in [-0.4, -0.2) is 5.78 Å². The van der Waals surface area contributed by atoms with E-state index in [9.17, 15) is 4.79 Å². The van der Waals surface area contributed by atoms with Gasteiger partial charge in [-0.2, -0.15) is 0 Å². The van der Waals surface area contributed by atoms with Crippen LogP contribution in [-0.2, 0) is 0 Å². The zero-order valence-corrected chi connectivity index (χ0v) is 6.57. The van der Waals surface area contributed by atoms with Gasteiger partial charge in [-0.1, -0.05) is 6.92 Å². The smallest absolute Gasteiger partial charge is 0.165 e. The standard InChI is InChI=1S/C7H9NOS/c1-2-6(9)5-3-4-10-7(5)8/h3-4H,2,8H2,1H3. The number of carbonyl (C=O) groups is 1. The van der Waals surface area contributed by atoms with Crippen molar-refractivity contribution < 1.29 is 4.79 Å². The van der Waals surface area contributed by atoms with Gasteiger partial charge in [-0.3, -0.25) is 4.79 Å². The van der Waals surface area contributed by atoms with Gasteiger partial charge in [0.1, 0.15) is 0 Å². The molecule has 0 atom stereocenters. The maximum atomic E-state index is 11.0. The van der Waals surface area contributed by atoms with Crippen molar-refractivity contribution in [3.05, 3.63) is 17.0 Å². The molecule has 0 aromatic carbocycles. The van der Waals surface area contributed by atoms with E-state index in [2.05, 4.69) is 0 Å². The lowest BCUT2D eigenvalue weighted by Gasteiger charge is -1.92. The number of hydrogen-bond acceptors (Lipinski definition) is 3. The van der Waals surface area contributed by atoms with Crippen molar-refractivity contribution in [2.45, 2.75) is 13.3 Å². The lowest BCUT2D eigenvalue weighted by molar-refractivity contribution is 0.0989. The van der Waals surface area contributed by atoms with Crippen molar-refractivity contribution in [2.24, 2.45) is 0 Å². The molecule has 54 valence electrons. The van der Waals surface area contributed by atoms with Gasteiger partial charge in [0.15, 0.2) is 5.78 Å². The normalized spacial score (nSPS) is 9.70. The van der Waals surface area contributed by atoms with E-state index in [1.54, 1.807) is 6.07 Å². The number of hydrogen-bond donors (Lipinski definition) is 1. The van der Waals surface area contributed by atoms with Crippen LogP contribution in [0.3, 0.4) is 0 Å². The van der Waals surface area contributed by atoms with Gasteiger partial charge in [-0.05, 0) is 11.4 Å². The Morgan fingerprint density at radius 1 is 1.80 bits per heavy atom. The summed E-state index contributed by atoms with van der Waals surface area (Å²) in [7, 11) is 0. The highest BCUT2D eigenvalue weighted by Crippen LogP contribution is 2.19. The van der Waals surface area contributed by atoms with Crippen LogP contribution in [0.1, 0.15) is 23.7 Å². The predicted molar refractivity (Wildman–Crippen MR) is 43.4 cm³/mol. The van der Waals surface area contributed by atoms with Gasteiger partial charge in [0.25, 0.3) is 0 Å². The van der Waals surface area contributed by atoms with E-state index in [4.69, 9.17) is 5.73 Å². The summed E-state index contributed by atoms with van der Waals surface area (Å²) in [5, 5.41) is 2.46. The number of carbonyl (C=O) groups excluding carboxylic acids is 1. The van der Waals surface area contributed by atoms with Crippen LogP contribution in [0.15, 0.2) is 11.4 Å². The van der Waals surface area contributed by atoms with Crippen molar-refractivity contribution in [1.82, 2.24) is 0 Å². The molecule has 0 fully saturated rings. The highest BCUT2D eigenvalue weighted by atomic mass is 32.1. The molecule has 1 aromatic heterocycles. The molecule has 1 rings (SSSR count). The molecule has 1 aromatic rings. The maximum absolute atomic E-state index is 11.0. The second-order valence-electron chi connectivity index (χ2n) is 1.98. The van der Waals surface area contributed by atoms with Crippen molar-refractivity contribution in [2.75, 3.05) is 5.73 Å². The van der Waals surface area contributed by atoms with Gasteiger partial charge in [0.2, 0.25) is 0 Å². The third-order valence-corrected chi connectivity index (χ3v) is 2.06. The summed E-state index contributed by atoms with van der Waals surface area (Å²) in [6.45, 7) is 1.83. The Morgan fingerprint density at radius 3 is 2.90 bits per heavy atom. The van der Waals surface area contributed by atoms with Crippen LogP contribution >= 0.6 is 11.3 Å². The number of nitrogens with two attached hydrogens (primary N) is 1. The molecule has 0 bridgehead atoms. The van der Waals surface area contributed by atoms with Crippen LogP contribution < -0.4 is 5.73 Å². The average molecular weight is 155 g/mol. The molecule has 2 nitrogen and oxygen atoms in total. The fourth-order valence-corrected chi connectivity index (χ4v) is 1.40. The van der Waals surface area contributed by atoms with Gasteiger partial charge in [0, 0.05) is 6.42 Å². The highest BCUT2D eigenvalue weighted by Gasteiger charge is 2.06. The number of anilines is 1. The Balaban J connectivity index is 2.93. The Morgan fingerprint density at radius 2 is 2.50 bits per heavy atom. The van der Waals surface area contributed by atoms with E-state index in [1.807, 2.05) is 12.3 Å². The Kier molecular flexibility index (Phi) is 2.06. The molecule has 0 spiro atoms. The molecule has 0 aliphatic heterocycles. The largest absolute Gasteiger partial charge is 0.390 e. The molecule has 0 radical (unpaired) electrons. The number of thiophene rings is 1. The third kappa shape index (κ3) is 1.19. The number of nitrogen functional groups attached to an aromatic ring is 1. The zero-order chi connectivity index (χ0) is 7.56. The lowest BCUT2D eigenvalue weighted by Crippen LogP contribution is -1.97. The fourth-order valence-electron chi connectivity index (χ4n) is 0.742. The van der Waals surface area contributed by atoms with Crippen LogP contribution in [0, 0.1) is 0 Å². The maximum Gasteiger partial charge on any atom is 0.165 e. The quantitative estimate of drug-likeness (QED) is 0.663. The SMILES string of the molecule is CCC(=O)c1ccsc1N. The monoisotopic (exact) mass is 155 g/mol. The second kappa shape index (κ2) is 2.84. The minimum Gasteiger partial charge on any atom is -0.390 e. The van der Waals surface area contributed by atoms with Crippen LogP contribution in [0.5, 0.6) is 0 Å². The number of rotatable bonds is 2. The average Bonchev–Trinajstić information content (AvgIpc) is 2.34. The molecule has 0 saturated heterocycles. The lowest BCUT2D eigenvalue weighted by atomic mass is 10.2. The minimum absolute atomic E-state index is 0.124. The summed E-state index contributed by atoms with van der Waals surface area (Å²) in [4.78, 5) is 11.0. The minimum atomic E-state index is 0.124. The van der Waals surface area contributed by atoms with Gasteiger partial charge in [-0.15, -0.1) is 11.3 Å². The number of ketones is 1. The summed E-state index contributed by atoms with van der Waals surface area (Å²) >= 11 is 1.41. The van der Waals surface area contributed by atoms with E-state index in [-0.39, 0.29) is 5.78 Å². The van der Waals surface area contributed by atoms with Gasteiger partial charge in [-0.25, -0.2) is 0 Å². The van der Waals surface area contributed by atoms with Crippen LogP contribution in [0.25, 0.3) is 0 Å². The first-order valence-electron chi connectivity index (χ1n) is 3.12. The van der Waals surface area contributed by atoms with E-state index in [0.29, 0.717) is 17.0 Å². The first kappa shape index (κ1) is 7.28. The molecule has 10 heavy (non-hydrogen) atoms. The van der Waals surface area contributed by atoms with Crippen LogP contribution in [0.2, 0.25) is 0 Å². The summed E-state index contributed by atoms with van der Waals surface area (Å²) in [6, 6.07) is 1.77. The molecule has 1 heterocycles. The molecule has 3 heteroatoms. The zero-order valence-electron chi connectivity index (χ0n) is 5.76. The molecule has 0 aliphatic carbocycles. The van der Waals surface area contributed by atoms with Crippen LogP contribution in [0.4, 0.5) is 5.00 Å². The van der Waals surface area contributed by atoms with Gasteiger partial charge < -0.3 is 5.73 Å². The van der Waals surface area contributed by atoms with Crippen molar-refractivity contribution in [3.63, 3.8) is 0 Å².